The highest BCUT2D eigenvalue weighted by atomic mass is 32.2. The van der Waals surface area contributed by atoms with E-state index in [1.807, 2.05) is 28.1 Å². The molecule has 0 aromatic carbocycles. The van der Waals surface area contributed by atoms with Crippen molar-refractivity contribution in [2.75, 3.05) is 17.3 Å². The zero-order valence-corrected chi connectivity index (χ0v) is 9.55. The number of aromatic amines is 1. The van der Waals surface area contributed by atoms with E-state index in [4.69, 9.17) is 12.2 Å². The van der Waals surface area contributed by atoms with Crippen LogP contribution < -0.4 is 0 Å². The number of hydrogen-bond donors (Lipinski definition) is 1. The van der Waals surface area contributed by atoms with Crippen LogP contribution in [0, 0.1) is 4.77 Å². The Bertz CT molecular complexity index is 313. The standard InChI is InChI=1S/C7H11N3S3/c11-7-9-8-5-10(7)3-6-4-12-1-2-13-6/h5-6H,1-4H2,(H,9,11). The third-order valence-corrected chi connectivity index (χ3v) is 5.06. The van der Waals surface area contributed by atoms with E-state index in [0.29, 0.717) is 5.25 Å². The maximum atomic E-state index is 5.08. The first-order valence-electron chi connectivity index (χ1n) is 4.15. The summed E-state index contributed by atoms with van der Waals surface area (Å²) in [6, 6.07) is 0. The summed E-state index contributed by atoms with van der Waals surface area (Å²) in [5.74, 6) is 3.79. The molecule has 6 heteroatoms. The Balaban J connectivity index is 1.97. The van der Waals surface area contributed by atoms with E-state index in [0.717, 1.165) is 11.3 Å². The lowest BCUT2D eigenvalue weighted by Crippen LogP contribution is -2.20. The van der Waals surface area contributed by atoms with Gasteiger partial charge in [0.15, 0.2) is 4.77 Å². The van der Waals surface area contributed by atoms with Crippen LogP contribution in [0.3, 0.4) is 0 Å². The van der Waals surface area contributed by atoms with E-state index in [1.54, 1.807) is 6.33 Å². The third-order valence-electron chi connectivity index (χ3n) is 1.90. The van der Waals surface area contributed by atoms with Gasteiger partial charge in [0, 0.05) is 29.1 Å². The monoisotopic (exact) mass is 233 g/mol. The Kier molecular flexibility index (Phi) is 3.34. The molecule has 1 aliphatic heterocycles. The van der Waals surface area contributed by atoms with Gasteiger partial charge in [-0.3, -0.25) is 5.10 Å². The van der Waals surface area contributed by atoms with Gasteiger partial charge in [-0.15, -0.1) is 0 Å². The lowest BCUT2D eigenvalue weighted by molar-refractivity contribution is 0.684. The predicted molar refractivity (Wildman–Crippen MR) is 61.0 cm³/mol. The SMILES string of the molecule is S=c1[nH]ncn1CC1CSCCS1. The van der Waals surface area contributed by atoms with Gasteiger partial charge >= 0.3 is 0 Å². The molecule has 0 saturated carbocycles. The molecule has 0 spiro atoms. The van der Waals surface area contributed by atoms with Crippen LogP contribution in [-0.2, 0) is 6.54 Å². The fraction of sp³-hybridized carbons (Fsp3) is 0.714. The van der Waals surface area contributed by atoms with Crippen molar-refractivity contribution in [3.8, 4) is 0 Å². The van der Waals surface area contributed by atoms with E-state index in [2.05, 4.69) is 10.2 Å². The van der Waals surface area contributed by atoms with Gasteiger partial charge < -0.3 is 4.57 Å². The Hall–Kier alpha value is 0.0600. The lowest BCUT2D eigenvalue weighted by Gasteiger charge is -2.20. The van der Waals surface area contributed by atoms with Crippen LogP contribution in [0.2, 0.25) is 0 Å². The largest absolute Gasteiger partial charge is 0.306 e. The first-order valence-corrected chi connectivity index (χ1v) is 6.76. The second kappa shape index (κ2) is 4.52. The van der Waals surface area contributed by atoms with Gasteiger partial charge in [-0.05, 0) is 12.2 Å². The number of H-pyrrole nitrogens is 1. The molecular formula is C7H11N3S3. The zero-order valence-electron chi connectivity index (χ0n) is 7.10. The van der Waals surface area contributed by atoms with Crippen molar-refractivity contribution in [1.29, 1.82) is 0 Å². The Morgan fingerprint density at radius 1 is 1.69 bits per heavy atom. The van der Waals surface area contributed by atoms with Gasteiger partial charge in [0.05, 0.1) is 0 Å². The number of nitrogens with zero attached hydrogens (tertiary/aromatic N) is 2. The van der Waals surface area contributed by atoms with Crippen molar-refractivity contribution in [3.05, 3.63) is 11.1 Å². The molecule has 0 amide bonds. The number of aromatic nitrogens is 3. The summed E-state index contributed by atoms with van der Waals surface area (Å²) in [5, 5.41) is 7.37. The minimum Gasteiger partial charge on any atom is -0.306 e. The Labute approximate surface area is 90.7 Å². The molecular weight excluding hydrogens is 222 g/mol. The van der Waals surface area contributed by atoms with E-state index >= 15 is 0 Å². The van der Waals surface area contributed by atoms with Crippen molar-refractivity contribution in [2.24, 2.45) is 0 Å². The fourth-order valence-electron chi connectivity index (χ4n) is 1.26. The number of hydrogen-bond acceptors (Lipinski definition) is 4. The molecule has 13 heavy (non-hydrogen) atoms. The molecule has 1 aromatic heterocycles. The molecule has 3 nitrogen and oxygen atoms in total. The van der Waals surface area contributed by atoms with Gasteiger partial charge in [-0.1, -0.05) is 0 Å². The molecule has 1 N–H and O–H groups in total. The minimum atomic E-state index is 0.697. The maximum absolute atomic E-state index is 5.08. The molecule has 1 fully saturated rings. The summed E-state index contributed by atoms with van der Waals surface area (Å²) < 4.78 is 2.75. The highest BCUT2D eigenvalue weighted by molar-refractivity contribution is 8.06. The first-order chi connectivity index (χ1) is 6.36. The van der Waals surface area contributed by atoms with Crippen LogP contribution in [-0.4, -0.2) is 37.3 Å². The number of thioether (sulfide) groups is 2. The van der Waals surface area contributed by atoms with E-state index in [-0.39, 0.29) is 0 Å². The molecule has 0 bridgehead atoms. The molecule has 2 heterocycles. The van der Waals surface area contributed by atoms with Crippen LogP contribution in [0.25, 0.3) is 0 Å². The van der Waals surface area contributed by atoms with Crippen LogP contribution in [0.4, 0.5) is 0 Å². The summed E-state index contributed by atoms with van der Waals surface area (Å²) in [4.78, 5) is 0. The van der Waals surface area contributed by atoms with Gasteiger partial charge in [0.2, 0.25) is 0 Å². The highest BCUT2D eigenvalue weighted by Gasteiger charge is 2.14. The van der Waals surface area contributed by atoms with Crippen molar-refractivity contribution in [1.82, 2.24) is 14.8 Å². The van der Waals surface area contributed by atoms with Crippen LogP contribution in [0.1, 0.15) is 0 Å². The van der Waals surface area contributed by atoms with Crippen LogP contribution in [0.15, 0.2) is 6.33 Å². The van der Waals surface area contributed by atoms with Crippen molar-refractivity contribution in [2.45, 2.75) is 11.8 Å². The second-order valence-electron chi connectivity index (χ2n) is 2.88. The molecule has 1 aliphatic rings. The average molecular weight is 233 g/mol. The van der Waals surface area contributed by atoms with Gasteiger partial charge in [-0.25, -0.2) is 0 Å². The molecule has 1 aromatic rings. The molecule has 0 radical (unpaired) electrons. The summed E-state index contributed by atoms with van der Waals surface area (Å²) in [5.41, 5.74) is 0. The highest BCUT2D eigenvalue weighted by Crippen LogP contribution is 2.24. The van der Waals surface area contributed by atoms with E-state index in [9.17, 15) is 0 Å². The molecule has 0 aliphatic carbocycles. The fourth-order valence-corrected chi connectivity index (χ4v) is 4.10. The topological polar surface area (TPSA) is 33.6 Å². The molecule has 1 unspecified atom stereocenters. The average Bonchev–Trinajstić information content (AvgIpc) is 2.54. The maximum Gasteiger partial charge on any atom is 0.194 e. The van der Waals surface area contributed by atoms with Crippen LogP contribution in [0.5, 0.6) is 0 Å². The van der Waals surface area contributed by atoms with Crippen molar-refractivity contribution >= 4 is 35.7 Å². The van der Waals surface area contributed by atoms with Crippen molar-refractivity contribution in [3.63, 3.8) is 0 Å². The Morgan fingerprint density at radius 2 is 2.62 bits per heavy atom. The molecule has 1 atom stereocenters. The molecule has 1 saturated heterocycles. The first kappa shape index (κ1) is 9.61. The summed E-state index contributed by atoms with van der Waals surface area (Å²) in [7, 11) is 0. The Morgan fingerprint density at radius 3 is 3.23 bits per heavy atom. The number of rotatable bonds is 2. The normalized spacial score (nSPS) is 23.2. The van der Waals surface area contributed by atoms with Gasteiger partial charge in [0.1, 0.15) is 6.33 Å². The zero-order chi connectivity index (χ0) is 9.10. The van der Waals surface area contributed by atoms with Gasteiger partial charge in [-0.2, -0.15) is 28.6 Å². The number of nitrogens with one attached hydrogen (secondary N) is 1. The predicted octanol–water partition coefficient (Wildman–Crippen LogP) is 1.79. The smallest absolute Gasteiger partial charge is 0.194 e. The van der Waals surface area contributed by atoms with Gasteiger partial charge in [0.25, 0.3) is 0 Å². The molecule has 2 rings (SSSR count). The molecule has 72 valence electrons. The van der Waals surface area contributed by atoms with Crippen molar-refractivity contribution < 1.29 is 0 Å². The van der Waals surface area contributed by atoms with E-state index in [1.165, 1.54) is 17.3 Å². The summed E-state index contributed by atoms with van der Waals surface area (Å²) in [6.07, 6.45) is 1.78. The lowest BCUT2D eigenvalue weighted by atomic mass is 10.5. The second-order valence-corrected chi connectivity index (χ2v) is 5.83. The summed E-state index contributed by atoms with van der Waals surface area (Å²) in [6.45, 7) is 0.993. The van der Waals surface area contributed by atoms with Crippen LogP contribution >= 0.6 is 35.7 Å². The minimum absolute atomic E-state index is 0.697. The summed E-state index contributed by atoms with van der Waals surface area (Å²) >= 11 is 9.16. The quantitative estimate of drug-likeness (QED) is 0.790. The third kappa shape index (κ3) is 2.51. The van der Waals surface area contributed by atoms with E-state index < -0.39 is 0 Å².